The second-order valence-corrected chi connectivity index (χ2v) is 6.71. The number of ether oxygens (including phenoxy) is 1. The van der Waals surface area contributed by atoms with Crippen LogP contribution < -0.4 is 0 Å². The molecule has 1 aromatic heterocycles. The van der Waals surface area contributed by atoms with Crippen molar-refractivity contribution in [1.29, 1.82) is 0 Å². The van der Waals surface area contributed by atoms with E-state index < -0.39 is 0 Å². The molecule has 0 bridgehead atoms. The van der Waals surface area contributed by atoms with Crippen molar-refractivity contribution in [2.24, 2.45) is 0 Å². The Balaban J connectivity index is 1.37. The molecule has 2 heterocycles. The largest absolute Gasteiger partial charge is 0.367 e. The predicted molar refractivity (Wildman–Crippen MR) is 96.7 cm³/mol. The lowest BCUT2D eigenvalue weighted by Gasteiger charge is -2.36. The summed E-state index contributed by atoms with van der Waals surface area (Å²) < 4.78 is 10.8. The molecule has 0 radical (unpaired) electrons. The standard InChI is InChI=1S/C19H24N4O4/c1-14(24)22(2)9-8-17-20-19(27-21-17)16-10-23(11-16)18(25)13-26-12-15-6-4-3-5-7-15/h3-7,16H,8-13H2,1-2H3. The number of amides is 2. The number of rotatable bonds is 8. The fourth-order valence-electron chi connectivity index (χ4n) is 2.72. The Morgan fingerprint density at radius 1 is 1.30 bits per heavy atom. The number of nitrogens with zero attached hydrogens (tertiary/aromatic N) is 4. The number of carbonyl (C=O) groups excluding carboxylic acids is 2. The van der Waals surface area contributed by atoms with Crippen LogP contribution in [0.25, 0.3) is 0 Å². The van der Waals surface area contributed by atoms with Gasteiger partial charge < -0.3 is 19.1 Å². The summed E-state index contributed by atoms with van der Waals surface area (Å²) in [7, 11) is 1.73. The Morgan fingerprint density at radius 3 is 2.74 bits per heavy atom. The molecular formula is C19H24N4O4. The van der Waals surface area contributed by atoms with E-state index in [0.717, 1.165) is 5.56 Å². The molecule has 2 aromatic rings. The van der Waals surface area contributed by atoms with Gasteiger partial charge in [0.25, 0.3) is 0 Å². The molecule has 1 aliphatic heterocycles. The number of likely N-dealkylation sites (N-methyl/N-ethyl adjacent to an activating group) is 1. The maximum Gasteiger partial charge on any atom is 0.248 e. The fraction of sp³-hybridized carbons (Fsp3) is 0.474. The van der Waals surface area contributed by atoms with Crippen molar-refractivity contribution in [2.75, 3.05) is 33.3 Å². The van der Waals surface area contributed by atoms with Gasteiger partial charge in [0.15, 0.2) is 5.82 Å². The number of hydrogen-bond donors (Lipinski definition) is 0. The van der Waals surface area contributed by atoms with Gasteiger partial charge in [0.1, 0.15) is 6.61 Å². The van der Waals surface area contributed by atoms with Crippen molar-refractivity contribution >= 4 is 11.8 Å². The number of carbonyl (C=O) groups is 2. The quantitative estimate of drug-likeness (QED) is 0.693. The van der Waals surface area contributed by atoms with E-state index >= 15 is 0 Å². The van der Waals surface area contributed by atoms with Crippen molar-refractivity contribution in [3.8, 4) is 0 Å². The van der Waals surface area contributed by atoms with Crippen LogP contribution in [0.3, 0.4) is 0 Å². The minimum absolute atomic E-state index is 0.00125. The van der Waals surface area contributed by atoms with E-state index in [1.54, 1.807) is 16.8 Å². The Labute approximate surface area is 158 Å². The van der Waals surface area contributed by atoms with Crippen molar-refractivity contribution in [3.05, 3.63) is 47.6 Å². The molecule has 0 atom stereocenters. The third-order valence-electron chi connectivity index (χ3n) is 4.61. The first-order chi connectivity index (χ1) is 13.0. The van der Waals surface area contributed by atoms with E-state index in [-0.39, 0.29) is 24.3 Å². The molecule has 0 N–H and O–H groups in total. The SMILES string of the molecule is CC(=O)N(C)CCc1noc(C2CN(C(=O)COCc3ccccc3)C2)n1. The van der Waals surface area contributed by atoms with E-state index in [9.17, 15) is 9.59 Å². The molecule has 0 saturated carbocycles. The van der Waals surface area contributed by atoms with Crippen LogP contribution in [0.5, 0.6) is 0 Å². The summed E-state index contributed by atoms with van der Waals surface area (Å²) in [4.78, 5) is 31.0. The lowest BCUT2D eigenvalue weighted by Crippen LogP contribution is -2.49. The van der Waals surface area contributed by atoms with E-state index in [4.69, 9.17) is 9.26 Å². The first kappa shape index (κ1) is 19.0. The van der Waals surface area contributed by atoms with Gasteiger partial charge >= 0.3 is 0 Å². The number of aromatic nitrogens is 2. The summed E-state index contributed by atoms with van der Waals surface area (Å²) in [5, 5.41) is 3.95. The van der Waals surface area contributed by atoms with Crippen molar-refractivity contribution in [3.63, 3.8) is 0 Å². The monoisotopic (exact) mass is 372 g/mol. The third kappa shape index (κ3) is 5.13. The van der Waals surface area contributed by atoms with Crippen molar-refractivity contribution < 1.29 is 18.8 Å². The highest BCUT2D eigenvalue weighted by Gasteiger charge is 2.35. The van der Waals surface area contributed by atoms with Gasteiger partial charge in [-0.2, -0.15) is 4.98 Å². The van der Waals surface area contributed by atoms with Crippen molar-refractivity contribution in [1.82, 2.24) is 19.9 Å². The second kappa shape index (κ2) is 8.77. The average Bonchev–Trinajstić information content (AvgIpc) is 3.07. The molecule has 27 heavy (non-hydrogen) atoms. The molecular weight excluding hydrogens is 348 g/mol. The van der Waals surface area contributed by atoms with Crippen LogP contribution in [-0.2, 0) is 27.4 Å². The number of benzene rings is 1. The van der Waals surface area contributed by atoms with Gasteiger partial charge in [-0.05, 0) is 5.56 Å². The van der Waals surface area contributed by atoms with Gasteiger partial charge in [-0.1, -0.05) is 35.5 Å². The summed E-state index contributed by atoms with van der Waals surface area (Å²) in [6.07, 6.45) is 0.544. The molecule has 8 nitrogen and oxygen atoms in total. The molecule has 1 fully saturated rings. The maximum absolute atomic E-state index is 12.1. The summed E-state index contributed by atoms with van der Waals surface area (Å²) >= 11 is 0. The van der Waals surface area contributed by atoms with Crippen molar-refractivity contribution in [2.45, 2.75) is 25.9 Å². The minimum atomic E-state index is -0.0370. The minimum Gasteiger partial charge on any atom is -0.367 e. The summed E-state index contributed by atoms with van der Waals surface area (Å²) in [5.41, 5.74) is 1.04. The molecule has 0 unspecified atom stereocenters. The highest BCUT2D eigenvalue weighted by atomic mass is 16.5. The Morgan fingerprint density at radius 2 is 2.04 bits per heavy atom. The summed E-state index contributed by atoms with van der Waals surface area (Å²) in [5.74, 6) is 1.15. The zero-order valence-corrected chi connectivity index (χ0v) is 15.6. The van der Waals surface area contributed by atoms with Gasteiger partial charge in [0.2, 0.25) is 17.7 Å². The summed E-state index contributed by atoms with van der Waals surface area (Å²) in [6.45, 7) is 3.66. The highest BCUT2D eigenvalue weighted by Crippen LogP contribution is 2.25. The fourth-order valence-corrected chi connectivity index (χ4v) is 2.72. The highest BCUT2D eigenvalue weighted by molar-refractivity contribution is 5.78. The molecule has 0 aliphatic carbocycles. The summed E-state index contributed by atoms with van der Waals surface area (Å²) in [6, 6.07) is 9.75. The van der Waals surface area contributed by atoms with E-state index in [1.165, 1.54) is 6.92 Å². The smallest absolute Gasteiger partial charge is 0.248 e. The number of hydrogen-bond acceptors (Lipinski definition) is 6. The molecule has 144 valence electrons. The van der Waals surface area contributed by atoms with Crippen LogP contribution in [0.1, 0.15) is 30.1 Å². The zero-order valence-electron chi connectivity index (χ0n) is 15.6. The van der Waals surface area contributed by atoms with Crippen LogP contribution >= 0.6 is 0 Å². The molecule has 1 aliphatic rings. The van der Waals surface area contributed by atoms with Gasteiger partial charge in [0.05, 0.1) is 12.5 Å². The van der Waals surface area contributed by atoms with E-state index in [1.807, 2.05) is 30.3 Å². The molecule has 8 heteroatoms. The first-order valence-corrected chi connectivity index (χ1v) is 8.96. The van der Waals surface area contributed by atoms with Crippen LogP contribution in [0.15, 0.2) is 34.9 Å². The van der Waals surface area contributed by atoms with E-state index in [0.29, 0.717) is 44.4 Å². The molecule has 3 rings (SSSR count). The zero-order chi connectivity index (χ0) is 19.2. The Kier molecular flexibility index (Phi) is 6.18. The average molecular weight is 372 g/mol. The topological polar surface area (TPSA) is 88.8 Å². The van der Waals surface area contributed by atoms with E-state index in [2.05, 4.69) is 10.1 Å². The van der Waals surface area contributed by atoms with Crippen LogP contribution in [0.4, 0.5) is 0 Å². The molecule has 0 spiro atoms. The first-order valence-electron chi connectivity index (χ1n) is 8.96. The van der Waals surface area contributed by atoms with Gasteiger partial charge in [-0.3, -0.25) is 9.59 Å². The van der Waals surface area contributed by atoms with Crippen LogP contribution in [0, 0.1) is 0 Å². The van der Waals surface area contributed by atoms with Gasteiger partial charge in [-0.15, -0.1) is 0 Å². The predicted octanol–water partition coefficient (Wildman–Crippen LogP) is 1.23. The molecule has 2 amide bonds. The second-order valence-electron chi connectivity index (χ2n) is 6.71. The van der Waals surface area contributed by atoms with Gasteiger partial charge in [0, 0.05) is 40.0 Å². The Bertz CT molecular complexity index is 771. The van der Waals surface area contributed by atoms with Crippen LogP contribution in [0.2, 0.25) is 0 Å². The third-order valence-corrected chi connectivity index (χ3v) is 4.61. The lowest BCUT2D eigenvalue weighted by molar-refractivity contribution is -0.141. The normalized spacial score (nSPS) is 14.1. The molecule has 1 aromatic carbocycles. The lowest BCUT2D eigenvalue weighted by atomic mass is 10.0. The molecule has 1 saturated heterocycles. The van der Waals surface area contributed by atoms with Gasteiger partial charge in [-0.25, -0.2) is 0 Å². The Hall–Kier alpha value is -2.74. The maximum atomic E-state index is 12.1. The number of likely N-dealkylation sites (tertiary alicyclic amines) is 1. The van der Waals surface area contributed by atoms with Crippen LogP contribution in [-0.4, -0.2) is 65.0 Å².